The molecule has 0 aliphatic carbocycles. The summed E-state index contributed by atoms with van der Waals surface area (Å²) in [6.07, 6.45) is 0.660. The van der Waals surface area contributed by atoms with Crippen molar-refractivity contribution in [2.45, 2.75) is 18.6 Å². The molecule has 10 heavy (non-hydrogen) atoms. The summed E-state index contributed by atoms with van der Waals surface area (Å²) >= 11 is 0. The van der Waals surface area contributed by atoms with Crippen LogP contribution >= 0.6 is 0 Å². The Balaban J connectivity index is 1.78. The van der Waals surface area contributed by atoms with E-state index < -0.39 is 6.17 Å². The summed E-state index contributed by atoms with van der Waals surface area (Å²) in [5.74, 6) is 0. The van der Waals surface area contributed by atoms with Crippen molar-refractivity contribution in [3.63, 3.8) is 0 Å². The molecule has 0 radical (unpaired) electrons. The lowest BCUT2D eigenvalue weighted by Gasteiger charge is -2.38. The quantitative estimate of drug-likeness (QED) is 0.557. The number of nitrogens with one attached hydrogen (secondary N) is 1. The number of rotatable bonds is 1. The molecule has 1 N–H and O–H groups in total. The van der Waals surface area contributed by atoms with Crippen molar-refractivity contribution in [1.82, 2.24) is 10.2 Å². The fourth-order valence-electron chi connectivity index (χ4n) is 1.70. The molecule has 3 heteroatoms. The van der Waals surface area contributed by atoms with Gasteiger partial charge in [0.15, 0.2) is 0 Å². The molecule has 2 saturated heterocycles. The first kappa shape index (κ1) is 6.55. The number of likely N-dealkylation sites (tertiary alicyclic amines) is 1. The summed E-state index contributed by atoms with van der Waals surface area (Å²) in [6, 6.07) is 0.631. The summed E-state index contributed by atoms with van der Waals surface area (Å²) in [7, 11) is 0. The number of hydrogen-bond acceptors (Lipinski definition) is 2. The summed E-state index contributed by atoms with van der Waals surface area (Å²) < 4.78 is 12.4. The van der Waals surface area contributed by atoms with Gasteiger partial charge in [-0.2, -0.15) is 0 Å². The molecule has 2 fully saturated rings. The Morgan fingerprint density at radius 1 is 1.40 bits per heavy atom. The predicted molar refractivity (Wildman–Crippen MR) is 37.7 cm³/mol. The van der Waals surface area contributed by atoms with Crippen LogP contribution in [0.25, 0.3) is 0 Å². The van der Waals surface area contributed by atoms with Crippen molar-refractivity contribution in [2.24, 2.45) is 0 Å². The number of halogens is 1. The maximum Gasteiger partial charge on any atom is 0.125 e. The third-order valence-corrected chi connectivity index (χ3v) is 2.42. The third-order valence-electron chi connectivity index (χ3n) is 2.42. The van der Waals surface area contributed by atoms with Gasteiger partial charge in [0.25, 0.3) is 0 Å². The van der Waals surface area contributed by atoms with Crippen LogP contribution in [0.3, 0.4) is 0 Å². The Morgan fingerprint density at radius 2 is 2.20 bits per heavy atom. The van der Waals surface area contributed by atoms with Crippen LogP contribution in [-0.2, 0) is 0 Å². The van der Waals surface area contributed by atoms with E-state index in [2.05, 4.69) is 10.2 Å². The zero-order valence-electron chi connectivity index (χ0n) is 6.02. The molecule has 2 aliphatic rings. The zero-order chi connectivity index (χ0) is 6.97. The van der Waals surface area contributed by atoms with Gasteiger partial charge in [0, 0.05) is 25.7 Å². The minimum Gasteiger partial charge on any atom is -0.315 e. The monoisotopic (exact) mass is 144 g/mol. The molecule has 2 heterocycles. The van der Waals surface area contributed by atoms with E-state index in [-0.39, 0.29) is 0 Å². The lowest BCUT2D eigenvalue weighted by atomic mass is 10.1. The number of alkyl halides is 1. The molecule has 0 aromatic rings. The Bertz CT molecular complexity index is 117. The Labute approximate surface area is 60.4 Å². The van der Waals surface area contributed by atoms with Gasteiger partial charge in [-0.25, -0.2) is 4.39 Å². The summed E-state index contributed by atoms with van der Waals surface area (Å²) in [6.45, 7) is 3.52. The van der Waals surface area contributed by atoms with Crippen LogP contribution in [0.2, 0.25) is 0 Å². The van der Waals surface area contributed by atoms with E-state index in [1.165, 1.54) is 6.42 Å². The molecule has 0 bridgehead atoms. The fraction of sp³-hybridized carbons (Fsp3) is 1.00. The van der Waals surface area contributed by atoms with Crippen LogP contribution in [0.1, 0.15) is 6.42 Å². The van der Waals surface area contributed by atoms with Gasteiger partial charge in [0.05, 0.1) is 0 Å². The van der Waals surface area contributed by atoms with Gasteiger partial charge in [-0.05, 0) is 13.0 Å². The minimum absolute atomic E-state index is 0.541. The standard InChI is InChI=1S/C7H13FN2/c8-6-4-10(5-6)7-1-2-9-3-7/h6-7,9H,1-5H2/t7-/m1/s1. The van der Waals surface area contributed by atoms with Gasteiger partial charge in [0.2, 0.25) is 0 Å². The van der Waals surface area contributed by atoms with Crippen molar-refractivity contribution in [3.05, 3.63) is 0 Å². The van der Waals surface area contributed by atoms with Crippen molar-refractivity contribution in [1.29, 1.82) is 0 Å². The summed E-state index contributed by atoms with van der Waals surface area (Å²) in [4.78, 5) is 2.23. The molecule has 0 unspecified atom stereocenters. The van der Waals surface area contributed by atoms with Crippen LogP contribution < -0.4 is 5.32 Å². The second-order valence-electron chi connectivity index (χ2n) is 3.20. The molecular formula is C7H13FN2. The van der Waals surface area contributed by atoms with E-state index in [1.807, 2.05) is 0 Å². The van der Waals surface area contributed by atoms with Gasteiger partial charge in [-0.3, -0.25) is 4.90 Å². The van der Waals surface area contributed by atoms with Crippen molar-refractivity contribution in [2.75, 3.05) is 26.2 Å². The van der Waals surface area contributed by atoms with E-state index in [1.54, 1.807) is 0 Å². The summed E-state index contributed by atoms with van der Waals surface area (Å²) in [5, 5.41) is 3.27. The molecule has 0 aromatic heterocycles. The molecule has 1 atom stereocenters. The first-order chi connectivity index (χ1) is 4.86. The fourth-order valence-corrected chi connectivity index (χ4v) is 1.70. The Kier molecular flexibility index (Phi) is 1.62. The average Bonchev–Trinajstić information content (AvgIpc) is 2.31. The first-order valence-electron chi connectivity index (χ1n) is 3.95. The smallest absolute Gasteiger partial charge is 0.125 e. The molecule has 0 amide bonds. The third kappa shape index (κ3) is 1.04. The SMILES string of the molecule is FC1CN([C@@H]2CCNC2)C1. The second kappa shape index (κ2) is 2.47. The summed E-state index contributed by atoms with van der Waals surface area (Å²) in [5.41, 5.74) is 0. The largest absolute Gasteiger partial charge is 0.315 e. The zero-order valence-corrected chi connectivity index (χ0v) is 6.02. The maximum atomic E-state index is 12.4. The predicted octanol–water partition coefficient (Wildman–Crippen LogP) is 0.00200. The van der Waals surface area contributed by atoms with E-state index in [0.717, 1.165) is 13.1 Å². The van der Waals surface area contributed by atoms with Gasteiger partial charge >= 0.3 is 0 Å². The number of nitrogens with zero attached hydrogens (tertiary/aromatic N) is 1. The molecule has 2 nitrogen and oxygen atoms in total. The minimum atomic E-state index is -0.541. The van der Waals surface area contributed by atoms with E-state index in [0.29, 0.717) is 19.1 Å². The molecule has 2 aliphatic heterocycles. The highest BCUT2D eigenvalue weighted by Crippen LogP contribution is 2.18. The first-order valence-corrected chi connectivity index (χ1v) is 3.95. The molecule has 58 valence electrons. The van der Waals surface area contributed by atoms with Crippen molar-refractivity contribution in [3.8, 4) is 0 Å². The Morgan fingerprint density at radius 3 is 2.70 bits per heavy atom. The molecule has 2 rings (SSSR count). The van der Waals surface area contributed by atoms with E-state index in [4.69, 9.17) is 0 Å². The second-order valence-corrected chi connectivity index (χ2v) is 3.20. The van der Waals surface area contributed by atoms with Crippen molar-refractivity contribution < 1.29 is 4.39 Å². The molecule has 0 aromatic carbocycles. The van der Waals surface area contributed by atoms with Crippen molar-refractivity contribution >= 4 is 0 Å². The van der Waals surface area contributed by atoms with Crippen LogP contribution in [0.5, 0.6) is 0 Å². The van der Waals surface area contributed by atoms with Gasteiger partial charge in [0.1, 0.15) is 6.17 Å². The van der Waals surface area contributed by atoms with Crippen LogP contribution in [0, 0.1) is 0 Å². The lowest BCUT2D eigenvalue weighted by Crippen LogP contribution is -2.54. The molecule has 0 saturated carbocycles. The lowest BCUT2D eigenvalue weighted by molar-refractivity contribution is 0.0342. The molecule has 0 spiro atoms. The van der Waals surface area contributed by atoms with Gasteiger partial charge in [-0.1, -0.05) is 0 Å². The highest BCUT2D eigenvalue weighted by Gasteiger charge is 2.33. The van der Waals surface area contributed by atoms with Crippen LogP contribution in [0.4, 0.5) is 4.39 Å². The Hall–Kier alpha value is -0.150. The average molecular weight is 144 g/mol. The highest BCUT2D eigenvalue weighted by atomic mass is 19.1. The number of hydrogen-bond donors (Lipinski definition) is 1. The maximum absolute atomic E-state index is 12.4. The van der Waals surface area contributed by atoms with Crippen LogP contribution in [0.15, 0.2) is 0 Å². The van der Waals surface area contributed by atoms with Crippen LogP contribution in [-0.4, -0.2) is 43.3 Å². The van der Waals surface area contributed by atoms with Gasteiger partial charge in [-0.15, -0.1) is 0 Å². The molecular weight excluding hydrogens is 131 g/mol. The van der Waals surface area contributed by atoms with E-state index >= 15 is 0 Å². The van der Waals surface area contributed by atoms with E-state index in [9.17, 15) is 4.39 Å². The highest BCUT2D eigenvalue weighted by molar-refractivity contribution is 4.89. The topological polar surface area (TPSA) is 15.3 Å². The van der Waals surface area contributed by atoms with Gasteiger partial charge < -0.3 is 5.32 Å². The normalized spacial score (nSPS) is 36.3.